The average Bonchev–Trinajstić information content (AvgIpc) is 2.64. The number of aryl methyl sites for hydroxylation is 1. The zero-order valence-electron chi connectivity index (χ0n) is 10.5. The predicted molar refractivity (Wildman–Crippen MR) is 77.8 cm³/mol. The largest absolute Gasteiger partial charge is 0.382 e. The van der Waals surface area contributed by atoms with Crippen LogP contribution in [0.25, 0.3) is 0 Å². The molecule has 1 aromatic carbocycles. The minimum Gasteiger partial charge on any atom is -0.382 e. The molecule has 0 fully saturated rings. The van der Waals surface area contributed by atoms with E-state index in [0.717, 1.165) is 19.4 Å². The molecule has 0 spiro atoms. The average molecular weight is 275 g/mol. The lowest BCUT2D eigenvalue weighted by Crippen LogP contribution is -2.20. The molecule has 2 N–H and O–H groups in total. The van der Waals surface area contributed by atoms with Crippen molar-refractivity contribution >= 4 is 28.9 Å². The minimum atomic E-state index is 0.327. The lowest BCUT2D eigenvalue weighted by Gasteiger charge is -2.24. The van der Waals surface area contributed by atoms with Crippen molar-refractivity contribution in [1.29, 1.82) is 0 Å². The summed E-state index contributed by atoms with van der Waals surface area (Å²) >= 11 is 6.25. The van der Waals surface area contributed by atoms with Gasteiger partial charge in [0.2, 0.25) is 0 Å². The van der Waals surface area contributed by atoms with Crippen LogP contribution in [-0.4, -0.2) is 16.5 Å². The SMILES string of the molecule is Nc1ncnc(N2CCCCc3ccccc32)c1Cl. The van der Waals surface area contributed by atoms with Crippen LogP contribution in [0, 0.1) is 0 Å². The summed E-state index contributed by atoms with van der Waals surface area (Å²) < 4.78 is 0. The summed E-state index contributed by atoms with van der Waals surface area (Å²) in [6.07, 6.45) is 4.83. The van der Waals surface area contributed by atoms with Gasteiger partial charge in [0.05, 0.1) is 0 Å². The van der Waals surface area contributed by atoms with E-state index < -0.39 is 0 Å². The van der Waals surface area contributed by atoms with Crippen molar-refractivity contribution in [3.63, 3.8) is 0 Å². The van der Waals surface area contributed by atoms with Crippen LogP contribution < -0.4 is 10.6 Å². The summed E-state index contributed by atoms with van der Waals surface area (Å²) in [5.74, 6) is 1.02. The van der Waals surface area contributed by atoms with Crippen LogP contribution in [0.1, 0.15) is 18.4 Å². The molecule has 0 radical (unpaired) electrons. The van der Waals surface area contributed by atoms with Gasteiger partial charge in [-0.05, 0) is 30.9 Å². The zero-order valence-corrected chi connectivity index (χ0v) is 11.3. The molecule has 3 rings (SSSR count). The van der Waals surface area contributed by atoms with Gasteiger partial charge in [0.1, 0.15) is 17.2 Å². The molecule has 0 bridgehead atoms. The maximum absolute atomic E-state index is 6.25. The Morgan fingerprint density at radius 3 is 2.89 bits per heavy atom. The first kappa shape index (κ1) is 12.2. The molecule has 0 atom stereocenters. The van der Waals surface area contributed by atoms with Crippen molar-refractivity contribution in [3.8, 4) is 0 Å². The number of benzene rings is 1. The molecule has 2 heterocycles. The molecule has 5 heteroatoms. The fourth-order valence-electron chi connectivity index (χ4n) is 2.47. The second kappa shape index (κ2) is 5.05. The molecule has 98 valence electrons. The Hall–Kier alpha value is -1.81. The summed E-state index contributed by atoms with van der Waals surface area (Å²) in [6.45, 7) is 0.896. The van der Waals surface area contributed by atoms with Gasteiger partial charge < -0.3 is 10.6 Å². The number of halogens is 1. The van der Waals surface area contributed by atoms with Crippen LogP contribution in [0.15, 0.2) is 30.6 Å². The van der Waals surface area contributed by atoms with Gasteiger partial charge in [-0.25, -0.2) is 9.97 Å². The van der Waals surface area contributed by atoms with Crippen molar-refractivity contribution in [2.24, 2.45) is 0 Å². The number of aromatic nitrogens is 2. The topological polar surface area (TPSA) is 55.0 Å². The van der Waals surface area contributed by atoms with Gasteiger partial charge in [-0.2, -0.15) is 0 Å². The highest BCUT2D eigenvalue weighted by atomic mass is 35.5. The van der Waals surface area contributed by atoms with E-state index in [1.54, 1.807) is 0 Å². The molecule has 0 amide bonds. The summed E-state index contributed by atoms with van der Waals surface area (Å²) in [4.78, 5) is 10.4. The van der Waals surface area contributed by atoms with Crippen LogP contribution in [0.5, 0.6) is 0 Å². The normalized spacial score (nSPS) is 14.9. The molecule has 0 unspecified atom stereocenters. The number of fused-ring (bicyclic) bond motifs is 1. The Kier molecular flexibility index (Phi) is 3.25. The highest BCUT2D eigenvalue weighted by Crippen LogP contribution is 2.36. The number of anilines is 3. The van der Waals surface area contributed by atoms with E-state index in [1.165, 1.54) is 24.0 Å². The number of rotatable bonds is 1. The van der Waals surface area contributed by atoms with Gasteiger partial charge in [0, 0.05) is 12.2 Å². The van der Waals surface area contributed by atoms with Crippen LogP contribution in [0.3, 0.4) is 0 Å². The Morgan fingerprint density at radius 1 is 1.16 bits per heavy atom. The maximum Gasteiger partial charge on any atom is 0.157 e. The van der Waals surface area contributed by atoms with Crippen molar-refractivity contribution < 1.29 is 0 Å². The number of hydrogen-bond acceptors (Lipinski definition) is 4. The minimum absolute atomic E-state index is 0.327. The van der Waals surface area contributed by atoms with E-state index in [2.05, 4.69) is 33.1 Å². The third-order valence-corrected chi connectivity index (χ3v) is 3.78. The maximum atomic E-state index is 6.25. The van der Waals surface area contributed by atoms with Crippen LogP contribution in [0.2, 0.25) is 5.02 Å². The third kappa shape index (κ3) is 2.24. The highest BCUT2D eigenvalue weighted by molar-refractivity contribution is 6.35. The fourth-order valence-corrected chi connectivity index (χ4v) is 2.67. The first-order valence-corrected chi connectivity index (χ1v) is 6.76. The molecule has 0 saturated heterocycles. The van der Waals surface area contributed by atoms with Crippen LogP contribution >= 0.6 is 11.6 Å². The van der Waals surface area contributed by atoms with E-state index >= 15 is 0 Å². The number of para-hydroxylation sites is 1. The molecule has 2 aromatic rings. The third-order valence-electron chi connectivity index (χ3n) is 3.41. The highest BCUT2D eigenvalue weighted by Gasteiger charge is 2.20. The monoisotopic (exact) mass is 274 g/mol. The number of hydrogen-bond donors (Lipinski definition) is 1. The molecule has 4 nitrogen and oxygen atoms in total. The molecular formula is C14H15ClN4. The molecule has 0 saturated carbocycles. The van der Waals surface area contributed by atoms with Gasteiger partial charge in [-0.3, -0.25) is 0 Å². The molecule has 1 aromatic heterocycles. The summed E-state index contributed by atoms with van der Waals surface area (Å²) in [5.41, 5.74) is 8.27. The Balaban J connectivity index is 2.12. The van der Waals surface area contributed by atoms with Gasteiger partial charge in [-0.15, -0.1) is 0 Å². The van der Waals surface area contributed by atoms with Crippen molar-refractivity contribution in [2.45, 2.75) is 19.3 Å². The number of nitrogens with two attached hydrogens (primary N) is 1. The van der Waals surface area contributed by atoms with Crippen molar-refractivity contribution in [3.05, 3.63) is 41.2 Å². The van der Waals surface area contributed by atoms with Gasteiger partial charge >= 0.3 is 0 Å². The molecule has 1 aliphatic heterocycles. The van der Waals surface area contributed by atoms with E-state index in [9.17, 15) is 0 Å². The van der Waals surface area contributed by atoms with Gasteiger partial charge in [0.15, 0.2) is 5.82 Å². The molecule has 19 heavy (non-hydrogen) atoms. The Morgan fingerprint density at radius 2 is 2.00 bits per heavy atom. The molecule has 0 aliphatic carbocycles. The lowest BCUT2D eigenvalue weighted by molar-refractivity contribution is 0.757. The standard InChI is InChI=1S/C14H15ClN4/c15-12-13(16)17-9-18-14(12)19-8-4-3-6-10-5-1-2-7-11(10)19/h1-2,5,7,9H,3-4,6,8H2,(H2,16,17,18). The quantitative estimate of drug-likeness (QED) is 0.868. The van der Waals surface area contributed by atoms with Crippen LogP contribution in [-0.2, 0) is 6.42 Å². The first-order valence-electron chi connectivity index (χ1n) is 6.39. The van der Waals surface area contributed by atoms with E-state index in [1.807, 2.05) is 6.07 Å². The second-order valence-electron chi connectivity index (χ2n) is 4.63. The lowest BCUT2D eigenvalue weighted by atomic mass is 10.1. The first-order chi connectivity index (χ1) is 9.27. The van der Waals surface area contributed by atoms with E-state index in [4.69, 9.17) is 17.3 Å². The molecular weight excluding hydrogens is 260 g/mol. The van der Waals surface area contributed by atoms with Crippen molar-refractivity contribution in [2.75, 3.05) is 17.2 Å². The Labute approximate surface area is 117 Å². The summed E-state index contributed by atoms with van der Waals surface area (Å²) in [5, 5.41) is 0.430. The fraction of sp³-hybridized carbons (Fsp3) is 0.286. The van der Waals surface area contributed by atoms with Crippen molar-refractivity contribution in [1.82, 2.24) is 9.97 Å². The van der Waals surface area contributed by atoms with E-state index in [0.29, 0.717) is 16.7 Å². The molecule has 1 aliphatic rings. The number of nitrogen functional groups attached to an aromatic ring is 1. The smallest absolute Gasteiger partial charge is 0.157 e. The van der Waals surface area contributed by atoms with Gasteiger partial charge in [-0.1, -0.05) is 29.8 Å². The second-order valence-corrected chi connectivity index (χ2v) is 5.01. The zero-order chi connectivity index (χ0) is 13.2. The van der Waals surface area contributed by atoms with Gasteiger partial charge in [0.25, 0.3) is 0 Å². The summed E-state index contributed by atoms with van der Waals surface area (Å²) in [6, 6.07) is 8.37. The number of nitrogens with zero attached hydrogens (tertiary/aromatic N) is 3. The predicted octanol–water partition coefficient (Wildman–Crippen LogP) is 3.19. The summed E-state index contributed by atoms with van der Waals surface area (Å²) in [7, 11) is 0. The van der Waals surface area contributed by atoms with Crippen LogP contribution in [0.4, 0.5) is 17.3 Å². The Bertz CT molecular complexity index is 600. The van der Waals surface area contributed by atoms with E-state index in [-0.39, 0.29) is 0 Å².